The molecule has 0 spiro atoms. The highest BCUT2D eigenvalue weighted by molar-refractivity contribution is 5.85. The molecule has 2 heterocycles. The van der Waals surface area contributed by atoms with Gasteiger partial charge >= 0.3 is 5.97 Å². The number of para-hydroxylation sites is 1. The van der Waals surface area contributed by atoms with E-state index in [0.29, 0.717) is 32.5 Å². The van der Waals surface area contributed by atoms with Crippen LogP contribution in [0, 0.1) is 5.92 Å². The number of hydrogen-bond acceptors (Lipinski definition) is 5. The number of methoxy groups -OCH3 is 1. The van der Waals surface area contributed by atoms with Crippen molar-refractivity contribution in [3.05, 3.63) is 29.8 Å². The van der Waals surface area contributed by atoms with E-state index < -0.39 is 0 Å². The smallest absolute Gasteiger partial charge is 0.308 e. The number of rotatable bonds is 3. The van der Waals surface area contributed by atoms with E-state index >= 15 is 0 Å². The second-order valence-electron chi connectivity index (χ2n) is 6.41. The first-order chi connectivity index (χ1) is 11.7. The predicted molar refractivity (Wildman–Crippen MR) is 98.9 cm³/mol. The van der Waals surface area contributed by atoms with Crippen LogP contribution >= 0.6 is 12.4 Å². The fraction of sp³-hybridized carbons (Fsp3) is 0.556. The maximum absolute atomic E-state index is 12.7. The SMILES string of the molecule is COC(=O)C1CCN(C(=O)CN2CCNCc3ccccc32)CC1.Cl. The van der Waals surface area contributed by atoms with Crippen LogP contribution in [0.3, 0.4) is 0 Å². The van der Waals surface area contributed by atoms with Gasteiger partial charge in [0.15, 0.2) is 0 Å². The summed E-state index contributed by atoms with van der Waals surface area (Å²) in [4.78, 5) is 28.3. The van der Waals surface area contributed by atoms with E-state index in [1.807, 2.05) is 17.0 Å². The first kappa shape index (κ1) is 19.5. The molecule has 1 aromatic carbocycles. The predicted octanol–water partition coefficient (Wildman–Crippen LogP) is 1.43. The number of hydrogen-bond donors (Lipinski definition) is 1. The van der Waals surface area contributed by atoms with E-state index in [9.17, 15) is 9.59 Å². The van der Waals surface area contributed by atoms with Gasteiger partial charge in [0.2, 0.25) is 5.91 Å². The Bertz CT molecular complexity index is 603. The van der Waals surface area contributed by atoms with Crippen LogP contribution in [0.2, 0.25) is 0 Å². The van der Waals surface area contributed by atoms with Gasteiger partial charge in [0, 0.05) is 38.4 Å². The van der Waals surface area contributed by atoms with Gasteiger partial charge in [-0.15, -0.1) is 12.4 Å². The van der Waals surface area contributed by atoms with Crippen LogP contribution in [0.4, 0.5) is 5.69 Å². The molecule has 0 aliphatic carbocycles. The third-order valence-corrected chi connectivity index (χ3v) is 4.91. The molecule has 25 heavy (non-hydrogen) atoms. The molecule has 1 saturated heterocycles. The standard InChI is InChI=1S/C18H25N3O3.ClH/c1-24-18(23)14-6-9-20(10-7-14)17(22)13-21-11-8-19-12-15-4-2-3-5-16(15)21;/h2-5,14,19H,6-13H2,1H3;1H. The normalized spacial score (nSPS) is 18.0. The number of amides is 1. The molecule has 2 aliphatic rings. The molecule has 1 amide bonds. The molecule has 138 valence electrons. The number of halogens is 1. The fourth-order valence-electron chi connectivity index (χ4n) is 3.49. The average molecular weight is 368 g/mol. The van der Waals surface area contributed by atoms with Crippen LogP contribution in [-0.4, -0.2) is 56.6 Å². The van der Waals surface area contributed by atoms with Crippen molar-refractivity contribution < 1.29 is 14.3 Å². The van der Waals surface area contributed by atoms with Crippen molar-refractivity contribution in [2.75, 3.05) is 44.7 Å². The highest BCUT2D eigenvalue weighted by Gasteiger charge is 2.29. The van der Waals surface area contributed by atoms with Crippen LogP contribution in [0.5, 0.6) is 0 Å². The summed E-state index contributed by atoms with van der Waals surface area (Å²) in [6.45, 7) is 4.18. The van der Waals surface area contributed by atoms with E-state index in [1.165, 1.54) is 12.7 Å². The Morgan fingerprint density at radius 2 is 1.92 bits per heavy atom. The monoisotopic (exact) mass is 367 g/mol. The molecule has 2 aliphatic heterocycles. The molecule has 0 saturated carbocycles. The number of anilines is 1. The summed E-state index contributed by atoms with van der Waals surface area (Å²) in [7, 11) is 1.42. The Kier molecular flexibility index (Phi) is 7.08. The van der Waals surface area contributed by atoms with Gasteiger partial charge in [-0.3, -0.25) is 9.59 Å². The van der Waals surface area contributed by atoms with Crippen molar-refractivity contribution in [2.24, 2.45) is 5.92 Å². The minimum atomic E-state index is -0.158. The summed E-state index contributed by atoms with van der Waals surface area (Å²) in [5.74, 6) is -0.0909. The van der Waals surface area contributed by atoms with Gasteiger partial charge in [0.05, 0.1) is 19.6 Å². The second-order valence-corrected chi connectivity index (χ2v) is 6.41. The first-order valence-corrected chi connectivity index (χ1v) is 8.58. The zero-order chi connectivity index (χ0) is 16.9. The van der Waals surface area contributed by atoms with Crippen LogP contribution in [-0.2, 0) is 20.9 Å². The van der Waals surface area contributed by atoms with Crippen LogP contribution in [0.25, 0.3) is 0 Å². The molecule has 1 fully saturated rings. The molecule has 0 atom stereocenters. The Morgan fingerprint density at radius 1 is 1.20 bits per heavy atom. The van der Waals surface area contributed by atoms with Gasteiger partial charge in [-0.1, -0.05) is 18.2 Å². The van der Waals surface area contributed by atoms with Gasteiger partial charge in [0.25, 0.3) is 0 Å². The molecule has 1 aromatic rings. The highest BCUT2D eigenvalue weighted by Crippen LogP contribution is 2.23. The average Bonchev–Trinajstić information content (AvgIpc) is 2.83. The summed E-state index contributed by atoms with van der Waals surface area (Å²) in [5.41, 5.74) is 2.37. The largest absolute Gasteiger partial charge is 0.469 e. The molecule has 0 unspecified atom stereocenters. The van der Waals surface area contributed by atoms with Crippen molar-refractivity contribution in [3.63, 3.8) is 0 Å². The first-order valence-electron chi connectivity index (χ1n) is 8.58. The van der Waals surface area contributed by atoms with Crippen molar-refractivity contribution in [3.8, 4) is 0 Å². The zero-order valence-electron chi connectivity index (χ0n) is 14.6. The molecule has 7 heteroatoms. The van der Waals surface area contributed by atoms with E-state index in [1.54, 1.807) is 0 Å². The van der Waals surface area contributed by atoms with Crippen LogP contribution in [0.1, 0.15) is 18.4 Å². The van der Waals surface area contributed by atoms with Gasteiger partial charge in [-0.05, 0) is 24.5 Å². The van der Waals surface area contributed by atoms with Crippen molar-refractivity contribution in [2.45, 2.75) is 19.4 Å². The van der Waals surface area contributed by atoms with Gasteiger partial charge < -0.3 is 19.9 Å². The van der Waals surface area contributed by atoms with E-state index in [0.717, 1.165) is 25.3 Å². The number of ether oxygens (including phenoxy) is 1. The molecule has 3 rings (SSSR count). The lowest BCUT2D eigenvalue weighted by Gasteiger charge is -2.33. The Morgan fingerprint density at radius 3 is 2.64 bits per heavy atom. The molecule has 0 aromatic heterocycles. The van der Waals surface area contributed by atoms with Crippen LogP contribution < -0.4 is 10.2 Å². The lowest BCUT2D eigenvalue weighted by molar-refractivity contribution is -0.148. The number of nitrogens with zero attached hydrogens (tertiary/aromatic N) is 2. The second kappa shape index (κ2) is 9.06. The summed E-state index contributed by atoms with van der Waals surface area (Å²) >= 11 is 0. The minimum Gasteiger partial charge on any atom is -0.469 e. The van der Waals surface area contributed by atoms with Gasteiger partial charge in [0.1, 0.15) is 0 Å². The Labute approximate surface area is 154 Å². The maximum Gasteiger partial charge on any atom is 0.308 e. The lowest BCUT2D eigenvalue weighted by Crippen LogP contribution is -2.46. The van der Waals surface area contributed by atoms with Crippen molar-refractivity contribution >= 4 is 30.0 Å². The van der Waals surface area contributed by atoms with Crippen LogP contribution in [0.15, 0.2) is 24.3 Å². The Balaban J connectivity index is 0.00000225. The van der Waals surface area contributed by atoms with Crippen molar-refractivity contribution in [1.82, 2.24) is 10.2 Å². The molecule has 0 radical (unpaired) electrons. The summed E-state index contributed by atoms with van der Waals surface area (Å²) in [5, 5.41) is 3.39. The third-order valence-electron chi connectivity index (χ3n) is 4.91. The molecular formula is C18H26ClN3O3. The van der Waals surface area contributed by atoms with E-state index in [4.69, 9.17) is 4.74 Å². The number of esters is 1. The molecule has 6 nitrogen and oxygen atoms in total. The molecule has 0 bridgehead atoms. The zero-order valence-corrected chi connectivity index (χ0v) is 15.4. The number of likely N-dealkylation sites (tertiary alicyclic amines) is 1. The number of carbonyl (C=O) groups is 2. The van der Waals surface area contributed by atoms with E-state index in [2.05, 4.69) is 22.3 Å². The number of piperidine rings is 1. The fourth-order valence-corrected chi connectivity index (χ4v) is 3.49. The quantitative estimate of drug-likeness (QED) is 0.819. The summed E-state index contributed by atoms with van der Waals surface area (Å²) < 4.78 is 4.80. The summed E-state index contributed by atoms with van der Waals surface area (Å²) in [6, 6.07) is 8.24. The number of carbonyl (C=O) groups excluding carboxylic acids is 2. The minimum absolute atomic E-state index is 0. The third kappa shape index (κ3) is 4.64. The number of fused-ring (bicyclic) bond motifs is 1. The lowest BCUT2D eigenvalue weighted by atomic mass is 9.97. The molecular weight excluding hydrogens is 342 g/mol. The molecule has 1 N–H and O–H groups in total. The summed E-state index contributed by atoms with van der Waals surface area (Å²) in [6.07, 6.45) is 1.38. The van der Waals surface area contributed by atoms with Crippen molar-refractivity contribution in [1.29, 1.82) is 0 Å². The maximum atomic E-state index is 12.7. The van der Waals surface area contributed by atoms with E-state index in [-0.39, 0.29) is 30.2 Å². The van der Waals surface area contributed by atoms with Gasteiger partial charge in [-0.25, -0.2) is 0 Å². The van der Waals surface area contributed by atoms with Gasteiger partial charge in [-0.2, -0.15) is 0 Å². The number of benzene rings is 1. The number of nitrogens with one attached hydrogen (secondary N) is 1. The Hall–Kier alpha value is -1.79. The highest BCUT2D eigenvalue weighted by atomic mass is 35.5. The topological polar surface area (TPSA) is 61.9 Å².